The Kier molecular flexibility index (Phi) is 3.51. The third kappa shape index (κ3) is 2.37. The lowest BCUT2D eigenvalue weighted by atomic mass is 10.2. The van der Waals surface area contributed by atoms with Crippen molar-refractivity contribution >= 4 is 23.7 Å². The molecular formula is C11H9NO3. The van der Waals surface area contributed by atoms with Crippen molar-refractivity contribution in [1.29, 1.82) is 0 Å². The average Bonchev–Trinajstić information content (AvgIpc) is 2.31. The molecule has 2 rings (SSSR count). The Morgan fingerprint density at radius 3 is 2.47 bits per heavy atom. The minimum absolute atomic E-state index is 0.0821. The minimum Gasteiger partial charge on any atom is -0.477 e. The molecule has 0 radical (unpaired) electrons. The number of pyridine rings is 1. The minimum atomic E-state index is -0.995. The van der Waals surface area contributed by atoms with Crippen LogP contribution in [0.15, 0.2) is 36.4 Å². The molecule has 4 heteroatoms. The molecule has 1 N–H and O–H groups in total. The van der Waals surface area contributed by atoms with Crippen LogP contribution in [0.4, 0.5) is 0 Å². The first-order valence-corrected chi connectivity index (χ1v) is 4.15. The van der Waals surface area contributed by atoms with Gasteiger partial charge in [-0.15, -0.1) is 0 Å². The van der Waals surface area contributed by atoms with Gasteiger partial charge < -0.3 is 9.90 Å². The van der Waals surface area contributed by atoms with E-state index in [-0.39, 0.29) is 5.69 Å². The van der Waals surface area contributed by atoms with Gasteiger partial charge in [0.2, 0.25) is 0 Å². The van der Waals surface area contributed by atoms with Gasteiger partial charge in [0.1, 0.15) is 12.5 Å². The number of nitrogens with zero attached hydrogens (tertiary/aromatic N) is 1. The summed E-state index contributed by atoms with van der Waals surface area (Å²) in [6.07, 6.45) is 0. The molecule has 0 saturated carbocycles. The number of aromatic nitrogens is 1. The highest BCUT2D eigenvalue weighted by Crippen LogP contribution is 2.11. The second kappa shape index (κ2) is 4.85. The number of para-hydroxylation sites is 1. The highest BCUT2D eigenvalue weighted by molar-refractivity contribution is 5.89. The van der Waals surface area contributed by atoms with Gasteiger partial charge in [-0.1, -0.05) is 24.3 Å². The second-order valence-electron chi connectivity index (χ2n) is 2.69. The van der Waals surface area contributed by atoms with Crippen LogP contribution in [0.1, 0.15) is 10.5 Å². The van der Waals surface area contributed by atoms with Crippen molar-refractivity contribution in [1.82, 2.24) is 4.98 Å². The molecule has 0 aliphatic heterocycles. The SMILES string of the molecule is C=O.O=C(O)c1ccc2ccccc2n1. The summed E-state index contributed by atoms with van der Waals surface area (Å²) in [6, 6.07) is 10.7. The molecule has 0 bridgehead atoms. The van der Waals surface area contributed by atoms with Gasteiger partial charge in [0, 0.05) is 5.39 Å². The monoisotopic (exact) mass is 203 g/mol. The lowest BCUT2D eigenvalue weighted by Gasteiger charge is -1.97. The molecule has 0 amide bonds. The van der Waals surface area contributed by atoms with Crippen molar-refractivity contribution in [3.8, 4) is 0 Å². The molecular weight excluding hydrogens is 194 g/mol. The molecule has 15 heavy (non-hydrogen) atoms. The van der Waals surface area contributed by atoms with Gasteiger partial charge >= 0.3 is 5.97 Å². The Bertz CT molecular complexity index is 482. The van der Waals surface area contributed by atoms with Gasteiger partial charge in [-0.05, 0) is 12.1 Å². The summed E-state index contributed by atoms with van der Waals surface area (Å²) in [5.74, 6) is -0.995. The summed E-state index contributed by atoms with van der Waals surface area (Å²) in [4.78, 5) is 22.6. The number of carbonyl (C=O) groups excluding carboxylic acids is 1. The van der Waals surface area contributed by atoms with Gasteiger partial charge in [-0.2, -0.15) is 0 Å². The van der Waals surface area contributed by atoms with E-state index < -0.39 is 5.97 Å². The number of fused-ring (bicyclic) bond motifs is 1. The maximum Gasteiger partial charge on any atom is 0.354 e. The van der Waals surface area contributed by atoms with Crippen LogP contribution >= 0.6 is 0 Å². The van der Waals surface area contributed by atoms with Crippen LogP contribution in [-0.4, -0.2) is 22.8 Å². The predicted octanol–water partition coefficient (Wildman–Crippen LogP) is 1.75. The molecule has 1 aromatic heterocycles. The van der Waals surface area contributed by atoms with E-state index >= 15 is 0 Å². The van der Waals surface area contributed by atoms with Crippen LogP contribution in [-0.2, 0) is 4.79 Å². The van der Waals surface area contributed by atoms with Crippen LogP contribution in [0.25, 0.3) is 10.9 Å². The fourth-order valence-electron chi connectivity index (χ4n) is 1.19. The first-order valence-electron chi connectivity index (χ1n) is 4.15. The van der Waals surface area contributed by atoms with Crippen LogP contribution < -0.4 is 0 Å². The van der Waals surface area contributed by atoms with Crippen LogP contribution in [0.5, 0.6) is 0 Å². The normalized spacial score (nSPS) is 9.07. The molecule has 0 aliphatic rings. The molecule has 0 unspecified atom stereocenters. The Hall–Kier alpha value is -2.23. The largest absolute Gasteiger partial charge is 0.477 e. The van der Waals surface area contributed by atoms with Gasteiger partial charge in [-0.3, -0.25) is 0 Å². The van der Waals surface area contributed by atoms with Crippen LogP contribution in [0, 0.1) is 0 Å². The third-order valence-corrected chi connectivity index (χ3v) is 1.82. The van der Waals surface area contributed by atoms with E-state index in [4.69, 9.17) is 9.90 Å². The van der Waals surface area contributed by atoms with Gasteiger partial charge in [0.25, 0.3) is 0 Å². The number of hydrogen-bond donors (Lipinski definition) is 1. The number of carbonyl (C=O) groups is 2. The molecule has 76 valence electrons. The summed E-state index contributed by atoms with van der Waals surface area (Å²) < 4.78 is 0. The zero-order chi connectivity index (χ0) is 11.3. The predicted molar refractivity (Wildman–Crippen MR) is 55.8 cm³/mol. The Labute approximate surface area is 86.2 Å². The number of aromatic carboxylic acids is 1. The summed E-state index contributed by atoms with van der Waals surface area (Å²) in [5, 5.41) is 9.63. The van der Waals surface area contributed by atoms with Crippen molar-refractivity contribution in [2.45, 2.75) is 0 Å². The van der Waals surface area contributed by atoms with Crippen molar-refractivity contribution in [3.05, 3.63) is 42.1 Å². The van der Waals surface area contributed by atoms with E-state index in [1.807, 2.05) is 25.0 Å². The van der Waals surface area contributed by atoms with E-state index in [2.05, 4.69) is 4.98 Å². The lowest BCUT2D eigenvalue weighted by molar-refractivity contribution is -0.0980. The smallest absolute Gasteiger partial charge is 0.354 e. The average molecular weight is 203 g/mol. The molecule has 0 fully saturated rings. The van der Waals surface area contributed by atoms with E-state index in [0.717, 1.165) is 5.39 Å². The molecule has 1 aromatic carbocycles. The maximum absolute atomic E-state index is 10.6. The number of carboxylic acids is 1. The van der Waals surface area contributed by atoms with Crippen LogP contribution in [0.2, 0.25) is 0 Å². The highest BCUT2D eigenvalue weighted by Gasteiger charge is 2.03. The molecule has 0 atom stereocenters. The number of carboxylic acid groups (broad SMARTS) is 1. The van der Waals surface area contributed by atoms with E-state index in [1.54, 1.807) is 12.1 Å². The Morgan fingerprint density at radius 2 is 1.80 bits per heavy atom. The molecule has 0 spiro atoms. The van der Waals surface area contributed by atoms with Gasteiger partial charge in [0.05, 0.1) is 5.52 Å². The highest BCUT2D eigenvalue weighted by atomic mass is 16.4. The quantitative estimate of drug-likeness (QED) is 0.766. The molecule has 0 saturated heterocycles. The van der Waals surface area contributed by atoms with Gasteiger partial charge in [-0.25, -0.2) is 9.78 Å². The topological polar surface area (TPSA) is 67.3 Å². The third-order valence-electron chi connectivity index (χ3n) is 1.82. The maximum atomic E-state index is 10.6. The molecule has 2 aromatic rings. The fraction of sp³-hybridized carbons (Fsp3) is 0. The summed E-state index contributed by atoms with van der Waals surface area (Å²) in [7, 11) is 0. The zero-order valence-corrected chi connectivity index (χ0v) is 7.88. The van der Waals surface area contributed by atoms with E-state index in [9.17, 15) is 4.79 Å². The fourth-order valence-corrected chi connectivity index (χ4v) is 1.19. The van der Waals surface area contributed by atoms with E-state index in [1.165, 1.54) is 6.07 Å². The summed E-state index contributed by atoms with van der Waals surface area (Å²) in [6.45, 7) is 2.00. The number of rotatable bonds is 1. The zero-order valence-electron chi connectivity index (χ0n) is 7.88. The molecule has 0 aliphatic carbocycles. The first kappa shape index (κ1) is 10.8. The number of benzene rings is 1. The Balaban J connectivity index is 0.000000531. The molecule has 1 heterocycles. The standard InChI is InChI=1S/C10H7NO2.CH2O/c12-10(13)9-6-5-7-3-1-2-4-8(7)11-9;1-2/h1-6H,(H,12,13);1H2. The van der Waals surface area contributed by atoms with Crippen molar-refractivity contribution in [2.24, 2.45) is 0 Å². The number of hydrogen-bond acceptors (Lipinski definition) is 3. The summed E-state index contributed by atoms with van der Waals surface area (Å²) in [5.41, 5.74) is 0.793. The summed E-state index contributed by atoms with van der Waals surface area (Å²) >= 11 is 0. The first-order chi connectivity index (χ1) is 7.27. The molecule has 4 nitrogen and oxygen atoms in total. The van der Waals surface area contributed by atoms with Crippen molar-refractivity contribution in [2.75, 3.05) is 0 Å². The van der Waals surface area contributed by atoms with E-state index in [0.29, 0.717) is 5.52 Å². The Morgan fingerprint density at radius 1 is 1.13 bits per heavy atom. The lowest BCUT2D eigenvalue weighted by Crippen LogP contribution is -1.99. The van der Waals surface area contributed by atoms with Crippen molar-refractivity contribution < 1.29 is 14.7 Å². The second-order valence-corrected chi connectivity index (χ2v) is 2.69. The van der Waals surface area contributed by atoms with Crippen molar-refractivity contribution in [3.63, 3.8) is 0 Å². The van der Waals surface area contributed by atoms with Gasteiger partial charge in [0.15, 0.2) is 0 Å². The van der Waals surface area contributed by atoms with Crippen LogP contribution in [0.3, 0.4) is 0 Å².